The fraction of sp³-hybridized carbons (Fsp3) is 0.120. The third-order valence-corrected chi connectivity index (χ3v) is 4.80. The smallest absolute Gasteiger partial charge is 0.274 e. The van der Waals surface area contributed by atoms with Crippen LogP contribution >= 0.6 is 0 Å². The van der Waals surface area contributed by atoms with Crippen LogP contribution in [0.2, 0.25) is 0 Å². The average molecular weight is 397 g/mol. The Morgan fingerprint density at radius 3 is 2.13 bits per heavy atom. The molecule has 3 aromatic carbocycles. The number of hydrogen-bond acceptors (Lipinski definition) is 4. The molecule has 5 heteroatoms. The van der Waals surface area contributed by atoms with Crippen molar-refractivity contribution in [2.75, 3.05) is 19.0 Å². The van der Waals surface area contributed by atoms with E-state index in [-0.39, 0.29) is 11.6 Å². The third-order valence-electron chi connectivity index (χ3n) is 4.80. The maximum Gasteiger partial charge on any atom is 0.274 e. The molecule has 5 nitrogen and oxygen atoms in total. The molecule has 1 aromatic heterocycles. The molecule has 1 heterocycles. The summed E-state index contributed by atoms with van der Waals surface area (Å²) in [6, 6.07) is 27.2. The molecule has 0 bridgehead atoms. The van der Waals surface area contributed by atoms with Gasteiger partial charge in [-0.2, -0.15) is 0 Å². The van der Waals surface area contributed by atoms with E-state index >= 15 is 0 Å². The van der Waals surface area contributed by atoms with Gasteiger partial charge in [0.05, 0.1) is 0 Å². The molecule has 0 saturated carbocycles. The monoisotopic (exact) mass is 397 g/mol. The van der Waals surface area contributed by atoms with Crippen molar-refractivity contribution >= 4 is 11.6 Å². The zero-order valence-electron chi connectivity index (χ0n) is 17.0. The van der Waals surface area contributed by atoms with E-state index in [1.807, 2.05) is 104 Å². The zero-order valence-corrected chi connectivity index (χ0v) is 17.0. The van der Waals surface area contributed by atoms with Crippen LogP contribution in [-0.2, 0) is 6.54 Å². The van der Waals surface area contributed by atoms with E-state index in [2.05, 4.69) is 10.3 Å². The minimum absolute atomic E-state index is 0.267. The fourth-order valence-corrected chi connectivity index (χ4v) is 3.15. The first kappa shape index (κ1) is 19.5. The van der Waals surface area contributed by atoms with Crippen LogP contribution in [0.5, 0.6) is 0 Å². The maximum absolute atomic E-state index is 13.0. The minimum atomic E-state index is -0.267. The largest absolute Gasteiger partial charge is 0.435 e. The second-order valence-corrected chi connectivity index (χ2v) is 7.17. The van der Waals surface area contributed by atoms with Crippen LogP contribution in [-0.4, -0.2) is 25.0 Å². The SMILES string of the molecule is CN(C)c1ccc(-c2oc(-c3ccccc3)nc2C(=O)NCc2ccccc2)cc1. The number of aromatic nitrogens is 1. The van der Waals surface area contributed by atoms with Crippen molar-refractivity contribution in [2.45, 2.75) is 6.54 Å². The summed E-state index contributed by atoms with van der Waals surface area (Å²) in [5.74, 6) is 0.619. The van der Waals surface area contributed by atoms with Crippen molar-refractivity contribution in [2.24, 2.45) is 0 Å². The molecule has 1 N–H and O–H groups in total. The molecule has 0 atom stereocenters. The molecular weight excluding hydrogens is 374 g/mol. The number of benzene rings is 3. The van der Waals surface area contributed by atoms with Crippen LogP contribution in [0.25, 0.3) is 22.8 Å². The fourth-order valence-electron chi connectivity index (χ4n) is 3.15. The van der Waals surface area contributed by atoms with Gasteiger partial charge in [-0.1, -0.05) is 48.5 Å². The van der Waals surface area contributed by atoms with Gasteiger partial charge in [-0.15, -0.1) is 0 Å². The number of hydrogen-bond donors (Lipinski definition) is 1. The highest BCUT2D eigenvalue weighted by Crippen LogP contribution is 2.31. The van der Waals surface area contributed by atoms with Gasteiger partial charge < -0.3 is 14.6 Å². The van der Waals surface area contributed by atoms with Crippen molar-refractivity contribution in [1.82, 2.24) is 10.3 Å². The summed E-state index contributed by atoms with van der Waals surface area (Å²) in [5, 5.41) is 2.95. The molecule has 0 fully saturated rings. The molecule has 4 aromatic rings. The second kappa shape index (κ2) is 8.66. The Bertz CT molecular complexity index is 1120. The van der Waals surface area contributed by atoms with Gasteiger partial charge in [0.15, 0.2) is 11.5 Å². The highest BCUT2D eigenvalue weighted by Gasteiger charge is 2.22. The quantitative estimate of drug-likeness (QED) is 0.497. The van der Waals surface area contributed by atoms with E-state index in [0.717, 1.165) is 22.4 Å². The van der Waals surface area contributed by atoms with Gasteiger partial charge >= 0.3 is 0 Å². The van der Waals surface area contributed by atoms with Crippen LogP contribution in [0.15, 0.2) is 89.3 Å². The standard InChI is InChI=1S/C25H23N3O2/c1-28(2)21-15-13-19(14-16-21)23-22(24(29)26-17-18-9-5-3-6-10-18)27-25(30-23)20-11-7-4-8-12-20/h3-16H,17H2,1-2H3,(H,26,29). The molecule has 0 saturated heterocycles. The number of nitrogens with one attached hydrogen (secondary N) is 1. The number of rotatable bonds is 6. The first-order valence-corrected chi connectivity index (χ1v) is 9.78. The predicted octanol–water partition coefficient (Wildman–Crippen LogP) is 5.00. The van der Waals surface area contributed by atoms with Gasteiger partial charge in [-0.25, -0.2) is 4.98 Å². The van der Waals surface area contributed by atoms with E-state index in [1.54, 1.807) is 0 Å². The highest BCUT2D eigenvalue weighted by atomic mass is 16.4. The maximum atomic E-state index is 13.0. The predicted molar refractivity (Wildman–Crippen MR) is 119 cm³/mol. The van der Waals surface area contributed by atoms with Gasteiger partial charge in [0.1, 0.15) is 0 Å². The van der Waals surface area contributed by atoms with Gasteiger partial charge in [0.2, 0.25) is 5.89 Å². The Hall–Kier alpha value is -3.86. The number of carbonyl (C=O) groups is 1. The lowest BCUT2D eigenvalue weighted by molar-refractivity contribution is 0.0947. The summed E-state index contributed by atoms with van der Waals surface area (Å²) in [6.45, 7) is 0.423. The highest BCUT2D eigenvalue weighted by molar-refractivity contribution is 5.98. The number of amides is 1. The first-order chi connectivity index (χ1) is 14.6. The van der Waals surface area contributed by atoms with Crippen LogP contribution in [0.4, 0.5) is 5.69 Å². The number of oxazole rings is 1. The summed E-state index contributed by atoms with van der Waals surface area (Å²) < 4.78 is 6.07. The molecule has 1 amide bonds. The number of carbonyl (C=O) groups excluding carboxylic acids is 1. The molecule has 150 valence electrons. The molecule has 30 heavy (non-hydrogen) atoms. The van der Waals surface area contributed by atoms with Crippen molar-refractivity contribution in [1.29, 1.82) is 0 Å². The van der Waals surface area contributed by atoms with Crippen molar-refractivity contribution in [3.63, 3.8) is 0 Å². The molecule has 0 aliphatic rings. The summed E-state index contributed by atoms with van der Waals surface area (Å²) in [4.78, 5) is 19.5. The Morgan fingerprint density at radius 2 is 1.50 bits per heavy atom. The number of anilines is 1. The first-order valence-electron chi connectivity index (χ1n) is 9.78. The van der Waals surface area contributed by atoms with E-state index in [1.165, 1.54) is 0 Å². The molecule has 0 aliphatic heterocycles. The van der Waals surface area contributed by atoms with Crippen molar-refractivity contribution in [3.8, 4) is 22.8 Å². The van der Waals surface area contributed by atoms with Gasteiger partial charge in [-0.3, -0.25) is 4.79 Å². The Morgan fingerprint density at radius 1 is 0.867 bits per heavy atom. The molecule has 0 radical (unpaired) electrons. The zero-order chi connectivity index (χ0) is 20.9. The van der Waals surface area contributed by atoms with E-state index < -0.39 is 0 Å². The summed E-state index contributed by atoms with van der Waals surface area (Å²) in [6.07, 6.45) is 0. The molecule has 0 unspecified atom stereocenters. The summed E-state index contributed by atoms with van der Waals surface area (Å²) in [5.41, 5.74) is 4.00. The molecule has 4 rings (SSSR count). The van der Waals surface area contributed by atoms with Crippen molar-refractivity contribution < 1.29 is 9.21 Å². The lowest BCUT2D eigenvalue weighted by Crippen LogP contribution is -2.23. The number of nitrogens with zero attached hydrogens (tertiary/aromatic N) is 2. The normalized spacial score (nSPS) is 10.6. The van der Waals surface area contributed by atoms with Crippen LogP contribution in [0.3, 0.4) is 0 Å². The second-order valence-electron chi connectivity index (χ2n) is 7.17. The minimum Gasteiger partial charge on any atom is -0.435 e. The van der Waals surface area contributed by atoms with Gasteiger partial charge in [-0.05, 0) is 42.0 Å². The third kappa shape index (κ3) is 4.25. The van der Waals surface area contributed by atoms with Gasteiger partial charge in [0.25, 0.3) is 5.91 Å². The molecule has 0 aliphatic carbocycles. The lowest BCUT2D eigenvalue weighted by Gasteiger charge is -2.12. The Labute approximate surface area is 176 Å². The average Bonchev–Trinajstić information content (AvgIpc) is 3.24. The molecule has 0 spiro atoms. The van der Waals surface area contributed by atoms with E-state index in [4.69, 9.17) is 4.42 Å². The Balaban J connectivity index is 1.68. The van der Waals surface area contributed by atoms with Crippen molar-refractivity contribution in [3.05, 3.63) is 96.2 Å². The Kier molecular flexibility index (Phi) is 5.61. The molecular formula is C25H23N3O2. The van der Waals surface area contributed by atoms with Crippen LogP contribution in [0, 0.1) is 0 Å². The van der Waals surface area contributed by atoms with Crippen LogP contribution in [0.1, 0.15) is 16.1 Å². The van der Waals surface area contributed by atoms with Crippen LogP contribution < -0.4 is 10.2 Å². The summed E-state index contributed by atoms with van der Waals surface area (Å²) in [7, 11) is 3.97. The van der Waals surface area contributed by atoms with E-state index in [9.17, 15) is 4.79 Å². The van der Waals surface area contributed by atoms with Gasteiger partial charge in [0, 0.05) is 37.5 Å². The lowest BCUT2D eigenvalue weighted by atomic mass is 10.1. The topological polar surface area (TPSA) is 58.4 Å². The van der Waals surface area contributed by atoms with E-state index in [0.29, 0.717) is 18.2 Å². The summed E-state index contributed by atoms with van der Waals surface area (Å²) >= 11 is 0.